The minimum absolute atomic E-state index is 0.0106. The normalized spacial score (nSPS) is 29.2. The minimum Gasteiger partial charge on any atom is -0.413 e. The first-order chi connectivity index (χ1) is 20.5. The number of amides is 1. The van der Waals surface area contributed by atoms with E-state index in [0.717, 1.165) is 44.1 Å². The molecule has 1 amide bonds. The molecule has 256 valence electrons. The van der Waals surface area contributed by atoms with E-state index in [1.54, 1.807) is 7.05 Å². The topological polar surface area (TPSA) is 57.2 Å². The smallest absolute Gasteiger partial charge is 0.271 e. The molecule has 0 radical (unpaired) electrons. The number of hydrogen-bond donors (Lipinski definition) is 0. The van der Waals surface area contributed by atoms with Crippen LogP contribution in [0.5, 0.6) is 0 Å². The highest BCUT2D eigenvalue weighted by Gasteiger charge is 2.47. The Morgan fingerprint density at radius 3 is 2.27 bits per heavy atom. The van der Waals surface area contributed by atoms with Crippen molar-refractivity contribution < 1.29 is 23.2 Å². The van der Waals surface area contributed by atoms with Crippen molar-refractivity contribution in [3.05, 3.63) is 47.1 Å². The molecule has 5 atom stereocenters. The van der Waals surface area contributed by atoms with Crippen molar-refractivity contribution in [1.82, 2.24) is 5.06 Å². The van der Waals surface area contributed by atoms with Crippen LogP contribution in [0.15, 0.2) is 47.1 Å². The number of fused-ring (bicyclic) bond motifs is 1. The highest BCUT2D eigenvalue weighted by molar-refractivity contribution is 6.74. The van der Waals surface area contributed by atoms with Crippen LogP contribution >= 0.6 is 0 Å². The van der Waals surface area contributed by atoms with Gasteiger partial charge in [-0.15, -0.1) is 0 Å². The third-order valence-electron chi connectivity index (χ3n) is 11.9. The Kier molecular flexibility index (Phi) is 11.9. The summed E-state index contributed by atoms with van der Waals surface area (Å²) in [7, 11) is -0.868. The van der Waals surface area contributed by atoms with Crippen LogP contribution in [0.1, 0.15) is 93.9 Å². The van der Waals surface area contributed by atoms with Gasteiger partial charge >= 0.3 is 0 Å². The summed E-state index contributed by atoms with van der Waals surface area (Å²) < 4.78 is 20.2. The third kappa shape index (κ3) is 8.60. The number of hydroxylamine groups is 2. The molecule has 0 spiro atoms. The molecule has 45 heavy (non-hydrogen) atoms. The van der Waals surface area contributed by atoms with Gasteiger partial charge in [0, 0.05) is 13.5 Å². The zero-order valence-corrected chi connectivity index (χ0v) is 33.2. The minimum atomic E-state index is -2.01. The molecule has 0 N–H and O–H groups in total. The number of ether oxygens (including phenoxy) is 1. The van der Waals surface area contributed by atoms with E-state index in [-0.39, 0.29) is 46.3 Å². The molecule has 3 aliphatic rings. The molecule has 6 nitrogen and oxygen atoms in total. The van der Waals surface area contributed by atoms with Crippen molar-refractivity contribution in [2.45, 2.75) is 148 Å². The van der Waals surface area contributed by atoms with Gasteiger partial charge in [-0.3, -0.25) is 9.63 Å². The molecule has 0 aliphatic heterocycles. The van der Waals surface area contributed by atoms with Gasteiger partial charge in [0.2, 0.25) is 0 Å². The Morgan fingerprint density at radius 2 is 1.69 bits per heavy atom. The standard InChI is InChI=1S/C37H65NO5Si2/c1-26-29(23-30(42-44(12,13)35(3,4)5)24-33(26)43-45(14,15)36(6,7)8)19-18-28-17-16-22-37(9)31(20-21-32(28)37)27(2)41-25-34(39)38(10)40-11/h18-20,27,30,32-33H,1,16-17,21-25H2,2-15H3/t27-,30+,32?,33-,37+/m0/s1. The van der Waals surface area contributed by atoms with Crippen molar-refractivity contribution in [2.75, 3.05) is 20.8 Å². The predicted octanol–water partition coefficient (Wildman–Crippen LogP) is 9.53. The van der Waals surface area contributed by atoms with Crippen LogP contribution in [-0.4, -0.2) is 66.7 Å². The highest BCUT2D eigenvalue weighted by atomic mass is 28.4. The van der Waals surface area contributed by atoms with Gasteiger partial charge in [-0.1, -0.05) is 78.8 Å². The number of hydrogen-bond acceptors (Lipinski definition) is 5. The van der Waals surface area contributed by atoms with Gasteiger partial charge in [0.05, 0.1) is 25.4 Å². The van der Waals surface area contributed by atoms with E-state index in [4.69, 9.17) is 18.4 Å². The van der Waals surface area contributed by atoms with Gasteiger partial charge < -0.3 is 13.6 Å². The number of allylic oxidation sites excluding steroid dienone is 4. The number of likely N-dealkylation sites (N-methyl/N-ethyl adjacent to an activating group) is 1. The summed E-state index contributed by atoms with van der Waals surface area (Å²) in [5.74, 6) is 0.261. The van der Waals surface area contributed by atoms with Crippen LogP contribution in [0, 0.1) is 11.3 Å². The van der Waals surface area contributed by atoms with Crippen LogP contribution in [-0.2, 0) is 23.2 Å². The first-order valence-corrected chi connectivity index (χ1v) is 22.9. The number of carbonyl (C=O) groups excluding carboxylic acids is 1. The molecule has 0 heterocycles. The molecule has 2 fully saturated rings. The summed E-state index contributed by atoms with van der Waals surface area (Å²) in [5.41, 5.74) is 5.27. The Bertz CT molecular complexity index is 1190. The maximum absolute atomic E-state index is 12.3. The molecule has 1 unspecified atom stereocenters. The molecular formula is C37H65NO5Si2. The van der Waals surface area contributed by atoms with Crippen molar-refractivity contribution in [1.29, 1.82) is 0 Å². The van der Waals surface area contributed by atoms with Crippen LogP contribution < -0.4 is 0 Å². The zero-order chi connectivity index (χ0) is 34.2. The summed E-state index contributed by atoms with van der Waals surface area (Å²) in [5, 5.41) is 1.49. The van der Waals surface area contributed by atoms with Gasteiger partial charge in [0.1, 0.15) is 6.61 Å². The van der Waals surface area contributed by atoms with E-state index in [2.05, 4.69) is 106 Å². The molecular weight excluding hydrogens is 595 g/mol. The second-order valence-corrected chi connectivity index (χ2v) is 26.5. The van der Waals surface area contributed by atoms with Gasteiger partial charge in [0.25, 0.3) is 5.91 Å². The fourth-order valence-electron chi connectivity index (χ4n) is 6.73. The lowest BCUT2D eigenvalue weighted by atomic mass is 9.63. The SMILES string of the molecule is C=C1C(=CC=C2CCC[C@]3(C)C([C@H](C)OCC(=O)N(C)OC)=CCC23)C[C@@H](O[Si](C)(C)C(C)(C)C)C[C@@H]1O[Si](C)(C)C(C)(C)C. The maximum Gasteiger partial charge on any atom is 0.271 e. The number of rotatable bonds is 10. The van der Waals surface area contributed by atoms with E-state index in [0.29, 0.717) is 5.92 Å². The molecule has 0 aromatic heterocycles. The second-order valence-electron chi connectivity index (χ2n) is 17.0. The summed E-state index contributed by atoms with van der Waals surface area (Å²) in [6, 6.07) is 0. The van der Waals surface area contributed by atoms with E-state index < -0.39 is 16.6 Å². The van der Waals surface area contributed by atoms with Crippen LogP contribution in [0.3, 0.4) is 0 Å². The van der Waals surface area contributed by atoms with E-state index in [1.165, 1.54) is 28.9 Å². The van der Waals surface area contributed by atoms with E-state index >= 15 is 0 Å². The Morgan fingerprint density at radius 1 is 1.09 bits per heavy atom. The van der Waals surface area contributed by atoms with E-state index in [9.17, 15) is 4.79 Å². The summed E-state index contributed by atoms with van der Waals surface area (Å²) in [6.45, 7) is 32.4. The monoisotopic (exact) mass is 659 g/mol. The number of carbonyl (C=O) groups is 1. The van der Waals surface area contributed by atoms with Gasteiger partial charge in [-0.2, -0.15) is 0 Å². The summed E-state index contributed by atoms with van der Waals surface area (Å²) >= 11 is 0. The van der Waals surface area contributed by atoms with Crippen molar-refractivity contribution >= 4 is 22.5 Å². The van der Waals surface area contributed by atoms with E-state index in [1.807, 2.05) is 0 Å². The van der Waals surface area contributed by atoms with Gasteiger partial charge in [0.15, 0.2) is 16.6 Å². The van der Waals surface area contributed by atoms with Crippen molar-refractivity contribution in [3.63, 3.8) is 0 Å². The number of nitrogens with zero attached hydrogens (tertiary/aromatic N) is 1. The third-order valence-corrected chi connectivity index (χ3v) is 20.9. The Labute approximate surface area is 277 Å². The fourth-order valence-corrected chi connectivity index (χ4v) is 9.40. The average molecular weight is 660 g/mol. The maximum atomic E-state index is 12.3. The molecule has 0 saturated heterocycles. The Balaban J connectivity index is 1.87. The van der Waals surface area contributed by atoms with Crippen molar-refractivity contribution in [3.8, 4) is 0 Å². The first kappa shape index (κ1) is 38.2. The quantitative estimate of drug-likeness (QED) is 0.133. The lowest BCUT2D eigenvalue weighted by Crippen LogP contribution is -2.49. The van der Waals surface area contributed by atoms with Crippen molar-refractivity contribution in [2.24, 2.45) is 11.3 Å². The van der Waals surface area contributed by atoms with Crippen LogP contribution in [0.2, 0.25) is 36.3 Å². The predicted molar refractivity (Wildman–Crippen MR) is 192 cm³/mol. The first-order valence-electron chi connectivity index (χ1n) is 17.1. The molecule has 3 aliphatic carbocycles. The zero-order valence-electron chi connectivity index (χ0n) is 31.2. The average Bonchev–Trinajstić information content (AvgIpc) is 3.27. The summed E-state index contributed by atoms with van der Waals surface area (Å²) in [4.78, 5) is 17.3. The van der Waals surface area contributed by atoms with Crippen LogP contribution in [0.4, 0.5) is 0 Å². The molecule has 0 bridgehead atoms. The van der Waals surface area contributed by atoms with Gasteiger partial charge in [-0.25, -0.2) is 5.06 Å². The second kappa shape index (κ2) is 14.1. The fraction of sp³-hybridized carbons (Fsp3) is 0.757. The lowest BCUT2D eigenvalue weighted by Gasteiger charge is -2.45. The molecule has 0 aromatic rings. The molecule has 2 saturated carbocycles. The molecule has 0 aromatic carbocycles. The lowest BCUT2D eigenvalue weighted by molar-refractivity contribution is -0.174. The largest absolute Gasteiger partial charge is 0.413 e. The summed E-state index contributed by atoms with van der Waals surface area (Å²) in [6.07, 6.45) is 13.3. The highest BCUT2D eigenvalue weighted by Crippen LogP contribution is 2.56. The Hall–Kier alpha value is -1.30. The molecule has 3 rings (SSSR count). The van der Waals surface area contributed by atoms with Gasteiger partial charge in [-0.05, 0) is 103 Å². The van der Waals surface area contributed by atoms with Crippen LogP contribution in [0.25, 0.3) is 0 Å². The molecule has 8 heteroatoms.